The third-order valence-corrected chi connectivity index (χ3v) is 3.24. The van der Waals surface area contributed by atoms with Crippen LogP contribution in [0.25, 0.3) is 0 Å². The molecule has 0 aliphatic carbocycles. The first kappa shape index (κ1) is 21.1. The van der Waals surface area contributed by atoms with E-state index in [2.05, 4.69) is 29.5 Å². The SMILES string of the molecule is CCNC(=NCC(C)Oc1ccccc1OC)NCCOCC(C)C. The molecule has 0 saturated carbocycles. The summed E-state index contributed by atoms with van der Waals surface area (Å²) in [7, 11) is 1.64. The van der Waals surface area contributed by atoms with E-state index in [1.165, 1.54) is 0 Å². The Bertz CT molecular complexity index is 506. The van der Waals surface area contributed by atoms with Gasteiger partial charge in [0.15, 0.2) is 17.5 Å². The largest absolute Gasteiger partial charge is 0.493 e. The monoisotopic (exact) mass is 351 g/mol. The smallest absolute Gasteiger partial charge is 0.191 e. The van der Waals surface area contributed by atoms with Crippen molar-refractivity contribution in [3.8, 4) is 11.5 Å². The first-order valence-electron chi connectivity index (χ1n) is 8.96. The molecule has 0 radical (unpaired) electrons. The number of benzene rings is 1. The standard InChI is InChI=1S/C19H33N3O3/c1-6-20-19(21-11-12-24-14-15(2)3)22-13-16(4)25-18-10-8-7-9-17(18)23-5/h7-10,15-16H,6,11-14H2,1-5H3,(H2,20,21,22). The predicted molar refractivity (Wildman–Crippen MR) is 103 cm³/mol. The van der Waals surface area contributed by atoms with Crippen molar-refractivity contribution in [1.29, 1.82) is 0 Å². The number of hydrogen-bond donors (Lipinski definition) is 2. The molecule has 0 saturated heterocycles. The second kappa shape index (κ2) is 12.4. The van der Waals surface area contributed by atoms with Crippen molar-refractivity contribution in [2.24, 2.45) is 10.9 Å². The van der Waals surface area contributed by atoms with Gasteiger partial charge in [0.25, 0.3) is 0 Å². The molecule has 0 bridgehead atoms. The summed E-state index contributed by atoms with van der Waals surface area (Å²) in [5, 5.41) is 6.50. The summed E-state index contributed by atoms with van der Waals surface area (Å²) >= 11 is 0. The number of nitrogens with zero attached hydrogens (tertiary/aromatic N) is 1. The van der Waals surface area contributed by atoms with Gasteiger partial charge in [-0.1, -0.05) is 26.0 Å². The molecular formula is C19H33N3O3. The van der Waals surface area contributed by atoms with Crippen LogP contribution in [0.5, 0.6) is 11.5 Å². The van der Waals surface area contributed by atoms with Gasteiger partial charge in [-0.2, -0.15) is 0 Å². The molecule has 142 valence electrons. The van der Waals surface area contributed by atoms with E-state index in [4.69, 9.17) is 14.2 Å². The number of rotatable bonds is 11. The van der Waals surface area contributed by atoms with E-state index in [1.54, 1.807) is 7.11 Å². The average Bonchev–Trinajstić information content (AvgIpc) is 2.59. The summed E-state index contributed by atoms with van der Waals surface area (Å²) in [5.74, 6) is 2.78. The van der Waals surface area contributed by atoms with E-state index in [-0.39, 0.29) is 6.10 Å². The fourth-order valence-corrected chi connectivity index (χ4v) is 2.09. The lowest BCUT2D eigenvalue weighted by Crippen LogP contribution is -2.39. The summed E-state index contributed by atoms with van der Waals surface area (Å²) in [4.78, 5) is 4.57. The number of guanidine groups is 1. The third kappa shape index (κ3) is 9.19. The number of hydrogen-bond acceptors (Lipinski definition) is 4. The van der Waals surface area contributed by atoms with Gasteiger partial charge in [-0.3, -0.25) is 0 Å². The zero-order valence-electron chi connectivity index (χ0n) is 16.2. The van der Waals surface area contributed by atoms with Gasteiger partial charge < -0.3 is 24.8 Å². The summed E-state index contributed by atoms with van der Waals surface area (Å²) in [6, 6.07) is 7.63. The van der Waals surface area contributed by atoms with E-state index in [9.17, 15) is 0 Å². The van der Waals surface area contributed by atoms with Crippen molar-refractivity contribution < 1.29 is 14.2 Å². The molecule has 1 rings (SSSR count). The molecule has 1 unspecified atom stereocenters. The van der Waals surface area contributed by atoms with Crippen molar-refractivity contribution in [3.05, 3.63) is 24.3 Å². The second-order valence-electron chi connectivity index (χ2n) is 6.19. The lowest BCUT2D eigenvalue weighted by molar-refractivity contribution is 0.114. The first-order valence-corrected chi connectivity index (χ1v) is 8.96. The molecule has 0 aromatic heterocycles. The molecule has 1 atom stereocenters. The summed E-state index contributed by atoms with van der Waals surface area (Å²) in [5.41, 5.74) is 0. The number of nitrogens with one attached hydrogen (secondary N) is 2. The Kier molecular flexibility index (Phi) is 10.5. The van der Waals surface area contributed by atoms with Crippen LogP contribution in [0.2, 0.25) is 0 Å². The maximum Gasteiger partial charge on any atom is 0.191 e. The highest BCUT2D eigenvalue weighted by Crippen LogP contribution is 2.26. The van der Waals surface area contributed by atoms with Crippen molar-refractivity contribution in [2.45, 2.75) is 33.8 Å². The van der Waals surface area contributed by atoms with E-state index < -0.39 is 0 Å². The highest BCUT2D eigenvalue weighted by Gasteiger charge is 2.08. The Morgan fingerprint density at radius 3 is 2.48 bits per heavy atom. The van der Waals surface area contributed by atoms with Crippen LogP contribution in [-0.2, 0) is 4.74 Å². The van der Waals surface area contributed by atoms with Crippen LogP contribution >= 0.6 is 0 Å². The van der Waals surface area contributed by atoms with Gasteiger partial charge in [0.05, 0.1) is 20.3 Å². The summed E-state index contributed by atoms with van der Waals surface area (Å²) < 4.78 is 16.8. The molecule has 0 aliphatic heterocycles. The second-order valence-corrected chi connectivity index (χ2v) is 6.19. The Balaban J connectivity index is 2.44. The minimum atomic E-state index is -0.0658. The maximum absolute atomic E-state index is 5.92. The Morgan fingerprint density at radius 2 is 1.84 bits per heavy atom. The Morgan fingerprint density at radius 1 is 1.12 bits per heavy atom. The topological polar surface area (TPSA) is 64.1 Å². The predicted octanol–water partition coefficient (Wildman–Crippen LogP) is 2.69. The molecular weight excluding hydrogens is 318 g/mol. The molecule has 0 fully saturated rings. The highest BCUT2D eigenvalue weighted by molar-refractivity contribution is 5.79. The van der Waals surface area contributed by atoms with Crippen LogP contribution < -0.4 is 20.1 Å². The zero-order valence-corrected chi connectivity index (χ0v) is 16.2. The van der Waals surface area contributed by atoms with Gasteiger partial charge in [-0.25, -0.2) is 4.99 Å². The van der Waals surface area contributed by atoms with Crippen LogP contribution in [0.1, 0.15) is 27.7 Å². The van der Waals surface area contributed by atoms with Crippen molar-refractivity contribution in [3.63, 3.8) is 0 Å². The van der Waals surface area contributed by atoms with Gasteiger partial charge in [-0.05, 0) is 31.9 Å². The quantitative estimate of drug-likeness (QED) is 0.365. The van der Waals surface area contributed by atoms with Crippen LogP contribution in [-0.4, -0.2) is 52.0 Å². The number of methoxy groups -OCH3 is 1. The van der Waals surface area contributed by atoms with Crippen molar-refractivity contribution in [1.82, 2.24) is 10.6 Å². The summed E-state index contributed by atoms with van der Waals surface area (Å²) in [6.45, 7) is 11.8. The van der Waals surface area contributed by atoms with Gasteiger partial charge in [0.1, 0.15) is 6.10 Å². The van der Waals surface area contributed by atoms with Crippen molar-refractivity contribution >= 4 is 5.96 Å². The summed E-state index contributed by atoms with van der Waals surface area (Å²) in [6.07, 6.45) is -0.0658. The molecule has 6 nitrogen and oxygen atoms in total. The third-order valence-electron chi connectivity index (χ3n) is 3.24. The lowest BCUT2D eigenvalue weighted by atomic mass is 10.2. The zero-order chi connectivity index (χ0) is 18.5. The minimum absolute atomic E-state index is 0.0658. The van der Waals surface area contributed by atoms with Crippen LogP contribution in [0.4, 0.5) is 0 Å². The van der Waals surface area contributed by atoms with Crippen LogP contribution in [0, 0.1) is 5.92 Å². The molecule has 0 amide bonds. The molecule has 6 heteroatoms. The molecule has 25 heavy (non-hydrogen) atoms. The van der Waals surface area contributed by atoms with E-state index in [1.807, 2.05) is 38.1 Å². The van der Waals surface area contributed by atoms with Crippen molar-refractivity contribution in [2.75, 3.05) is 40.0 Å². The van der Waals surface area contributed by atoms with Gasteiger partial charge >= 0.3 is 0 Å². The highest BCUT2D eigenvalue weighted by atomic mass is 16.5. The molecule has 0 spiro atoms. The lowest BCUT2D eigenvalue weighted by Gasteiger charge is -2.17. The number of aliphatic imine (C=N–C) groups is 1. The fraction of sp³-hybridized carbons (Fsp3) is 0.632. The van der Waals surface area contributed by atoms with Gasteiger partial charge in [-0.15, -0.1) is 0 Å². The molecule has 0 heterocycles. The number of ether oxygens (including phenoxy) is 3. The van der Waals surface area contributed by atoms with Crippen LogP contribution in [0.15, 0.2) is 29.3 Å². The molecule has 1 aromatic carbocycles. The number of para-hydroxylation sites is 2. The fourth-order valence-electron chi connectivity index (χ4n) is 2.09. The average molecular weight is 351 g/mol. The Labute approximate surface area is 152 Å². The molecule has 1 aromatic rings. The van der Waals surface area contributed by atoms with E-state index in [0.717, 1.165) is 37.2 Å². The van der Waals surface area contributed by atoms with Gasteiger partial charge in [0.2, 0.25) is 0 Å². The van der Waals surface area contributed by atoms with Gasteiger partial charge in [0, 0.05) is 19.7 Å². The van der Waals surface area contributed by atoms with E-state index >= 15 is 0 Å². The normalized spacial score (nSPS) is 12.8. The molecule has 2 N–H and O–H groups in total. The maximum atomic E-state index is 5.92. The van der Waals surface area contributed by atoms with Crippen LogP contribution in [0.3, 0.4) is 0 Å². The Hall–Kier alpha value is -1.95. The first-order chi connectivity index (χ1) is 12.1. The minimum Gasteiger partial charge on any atom is -0.493 e. The molecule has 0 aliphatic rings. The van der Waals surface area contributed by atoms with E-state index in [0.29, 0.717) is 19.1 Å².